The van der Waals surface area contributed by atoms with E-state index in [0.717, 1.165) is 11.1 Å². The van der Waals surface area contributed by atoms with Crippen molar-refractivity contribution < 1.29 is 13.2 Å². The summed E-state index contributed by atoms with van der Waals surface area (Å²) in [6.45, 7) is -1.04. The number of nitrogens with zero attached hydrogens (tertiary/aromatic N) is 2. The van der Waals surface area contributed by atoms with Crippen LogP contribution in [0.1, 0.15) is 4.88 Å². The van der Waals surface area contributed by atoms with Gasteiger partial charge in [-0.25, -0.2) is 4.68 Å². The average Bonchev–Trinajstić information content (AvgIpc) is 2.86. The third kappa shape index (κ3) is 3.73. The Kier molecular flexibility index (Phi) is 4.34. The molecule has 1 N–H and O–H groups in total. The molecule has 20 heavy (non-hydrogen) atoms. The van der Waals surface area contributed by atoms with Gasteiger partial charge in [0.1, 0.15) is 11.6 Å². The Morgan fingerprint density at radius 3 is 2.80 bits per heavy atom. The van der Waals surface area contributed by atoms with Crippen molar-refractivity contribution in [2.75, 3.05) is 5.32 Å². The number of hydrogen-bond donors (Lipinski definition) is 1. The molecule has 0 saturated carbocycles. The summed E-state index contributed by atoms with van der Waals surface area (Å²) >= 11 is 7.27. The summed E-state index contributed by atoms with van der Waals surface area (Å²) in [4.78, 5) is 12.7. The third-order valence-corrected chi connectivity index (χ3v) is 3.59. The molecule has 0 amide bonds. The quantitative estimate of drug-likeness (QED) is 0.940. The molecule has 2 heterocycles. The smallest absolute Gasteiger partial charge is 0.377 e. The fraction of sp³-hybridized carbons (Fsp3) is 0.273. The largest absolute Gasteiger partial charge is 0.408 e. The minimum atomic E-state index is -4.52. The molecule has 0 aliphatic heterocycles. The molecular formula is C11H9ClF3N3OS. The summed E-state index contributed by atoms with van der Waals surface area (Å²) in [6.07, 6.45) is -3.41. The van der Waals surface area contributed by atoms with E-state index in [1.807, 2.05) is 17.5 Å². The standard InChI is InChI=1S/C11H9ClF3N3OS/c12-9-8(16-4-7-2-1-3-20-7)5-17-18(10(9)19)6-11(13,14)15/h1-3,5,16H,4,6H2. The molecule has 0 aliphatic rings. The minimum absolute atomic E-state index is 0.212. The van der Waals surface area contributed by atoms with E-state index < -0.39 is 18.3 Å². The molecular weight excluding hydrogens is 315 g/mol. The number of rotatable bonds is 4. The first-order valence-electron chi connectivity index (χ1n) is 5.45. The molecule has 2 aromatic heterocycles. The van der Waals surface area contributed by atoms with E-state index in [1.165, 1.54) is 11.3 Å². The molecule has 0 unspecified atom stereocenters. The van der Waals surface area contributed by atoms with E-state index >= 15 is 0 Å². The maximum Gasteiger partial charge on any atom is 0.408 e. The lowest BCUT2D eigenvalue weighted by Crippen LogP contribution is -2.30. The number of aromatic nitrogens is 2. The molecule has 0 aromatic carbocycles. The van der Waals surface area contributed by atoms with Crippen LogP contribution in [-0.2, 0) is 13.1 Å². The second-order valence-electron chi connectivity index (χ2n) is 3.88. The average molecular weight is 324 g/mol. The van der Waals surface area contributed by atoms with Crippen molar-refractivity contribution in [1.82, 2.24) is 9.78 Å². The van der Waals surface area contributed by atoms with Gasteiger partial charge >= 0.3 is 6.18 Å². The van der Waals surface area contributed by atoms with Gasteiger partial charge in [0, 0.05) is 11.4 Å². The number of halogens is 4. The Morgan fingerprint density at radius 1 is 1.45 bits per heavy atom. The first kappa shape index (κ1) is 14.9. The van der Waals surface area contributed by atoms with Crippen LogP contribution in [0.4, 0.5) is 18.9 Å². The molecule has 108 valence electrons. The molecule has 0 spiro atoms. The van der Waals surface area contributed by atoms with Gasteiger partial charge in [-0.3, -0.25) is 4.79 Å². The maximum absolute atomic E-state index is 12.2. The van der Waals surface area contributed by atoms with Crippen molar-refractivity contribution in [1.29, 1.82) is 0 Å². The third-order valence-electron chi connectivity index (χ3n) is 2.35. The van der Waals surface area contributed by atoms with Gasteiger partial charge < -0.3 is 5.32 Å². The molecule has 0 radical (unpaired) electrons. The highest BCUT2D eigenvalue weighted by atomic mass is 35.5. The van der Waals surface area contributed by atoms with Crippen LogP contribution in [0.2, 0.25) is 5.02 Å². The Labute approximate surface area is 120 Å². The van der Waals surface area contributed by atoms with Crippen LogP contribution in [0.25, 0.3) is 0 Å². The number of hydrogen-bond acceptors (Lipinski definition) is 4. The van der Waals surface area contributed by atoms with Crippen LogP contribution in [0.15, 0.2) is 28.5 Å². The Morgan fingerprint density at radius 2 is 2.20 bits per heavy atom. The van der Waals surface area contributed by atoms with E-state index in [9.17, 15) is 18.0 Å². The van der Waals surface area contributed by atoms with Gasteiger partial charge in [-0.2, -0.15) is 18.3 Å². The number of anilines is 1. The normalized spacial score (nSPS) is 11.6. The molecule has 0 bridgehead atoms. The first-order chi connectivity index (χ1) is 9.37. The predicted molar refractivity (Wildman–Crippen MR) is 71.2 cm³/mol. The Balaban J connectivity index is 2.16. The first-order valence-corrected chi connectivity index (χ1v) is 6.71. The zero-order valence-electron chi connectivity index (χ0n) is 9.95. The number of thiophene rings is 1. The summed E-state index contributed by atoms with van der Waals surface area (Å²) in [5, 5.41) is 7.91. The van der Waals surface area contributed by atoms with E-state index in [0.29, 0.717) is 11.2 Å². The zero-order chi connectivity index (χ0) is 14.8. The second-order valence-corrected chi connectivity index (χ2v) is 5.29. The van der Waals surface area contributed by atoms with Crippen LogP contribution < -0.4 is 10.9 Å². The highest BCUT2D eigenvalue weighted by Gasteiger charge is 2.29. The summed E-state index contributed by atoms with van der Waals surface area (Å²) in [5.74, 6) is 0. The molecule has 9 heteroatoms. The fourth-order valence-corrected chi connectivity index (χ4v) is 2.32. The lowest BCUT2D eigenvalue weighted by molar-refractivity contribution is -0.143. The van der Waals surface area contributed by atoms with Gasteiger partial charge in [0.15, 0.2) is 0 Å². The summed E-state index contributed by atoms with van der Waals surface area (Å²) in [6, 6.07) is 3.74. The van der Waals surface area contributed by atoms with Crippen molar-refractivity contribution in [3.8, 4) is 0 Å². The molecule has 0 fully saturated rings. The van der Waals surface area contributed by atoms with Crippen LogP contribution in [0.3, 0.4) is 0 Å². The van der Waals surface area contributed by atoms with Crippen molar-refractivity contribution in [3.63, 3.8) is 0 Å². The molecule has 2 rings (SSSR count). The van der Waals surface area contributed by atoms with Gasteiger partial charge in [-0.1, -0.05) is 17.7 Å². The van der Waals surface area contributed by atoms with Crippen molar-refractivity contribution in [2.24, 2.45) is 0 Å². The fourth-order valence-electron chi connectivity index (χ4n) is 1.47. The van der Waals surface area contributed by atoms with E-state index in [4.69, 9.17) is 11.6 Å². The monoisotopic (exact) mass is 323 g/mol. The molecule has 0 aliphatic carbocycles. The minimum Gasteiger partial charge on any atom is -0.377 e. The lowest BCUT2D eigenvalue weighted by Gasteiger charge is -2.11. The highest BCUT2D eigenvalue weighted by Crippen LogP contribution is 2.20. The van der Waals surface area contributed by atoms with Gasteiger partial charge in [0.05, 0.1) is 11.9 Å². The maximum atomic E-state index is 12.2. The SMILES string of the molecule is O=c1c(Cl)c(NCc2cccs2)cnn1CC(F)(F)F. The van der Waals surface area contributed by atoms with Gasteiger partial charge in [-0.15, -0.1) is 11.3 Å². The molecule has 2 aromatic rings. The second kappa shape index (κ2) is 5.84. The van der Waals surface area contributed by atoms with Gasteiger partial charge in [-0.05, 0) is 11.4 Å². The number of nitrogens with one attached hydrogen (secondary N) is 1. The molecule has 0 atom stereocenters. The van der Waals surface area contributed by atoms with Crippen LogP contribution >= 0.6 is 22.9 Å². The van der Waals surface area contributed by atoms with Crippen molar-refractivity contribution in [3.05, 3.63) is 44.0 Å². The van der Waals surface area contributed by atoms with E-state index in [1.54, 1.807) is 0 Å². The van der Waals surface area contributed by atoms with Crippen LogP contribution in [0.5, 0.6) is 0 Å². The number of alkyl halides is 3. The van der Waals surface area contributed by atoms with Crippen LogP contribution in [0, 0.1) is 0 Å². The topological polar surface area (TPSA) is 46.9 Å². The van der Waals surface area contributed by atoms with E-state index in [2.05, 4.69) is 10.4 Å². The summed E-state index contributed by atoms with van der Waals surface area (Å²) < 4.78 is 37.0. The predicted octanol–water partition coefficient (Wildman–Crippen LogP) is 3.13. The van der Waals surface area contributed by atoms with Gasteiger partial charge in [0.25, 0.3) is 5.56 Å². The molecule has 0 saturated heterocycles. The van der Waals surface area contributed by atoms with Gasteiger partial charge in [0.2, 0.25) is 0 Å². The van der Waals surface area contributed by atoms with E-state index in [-0.39, 0.29) is 10.7 Å². The zero-order valence-corrected chi connectivity index (χ0v) is 11.5. The Hall–Kier alpha value is -1.54. The summed E-state index contributed by atoms with van der Waals surface area (Å²) in [5.41, 5.74) is -0.760. The van der Waals surface area contributed by atoms with Crippen molar-refractivity contribution in [2.45, 2.75) is 19.3 Å². The Bertz CT molecular complexity index is 639. The highest BCUT2D eigenvalue weighted by molar-refractivity contribution is 7.09. The lowest BCUT2D eigenvalue weighted by atomic mass is 10.4. The van der Waals surface area contributed by atoms with Crippen molar-refractivity contribution >= 4 is 28.6 Å². The molecule has 4 nitrogen and oxygen atoms in total. The summed E-state index contributed by atoms with van der Waals surface area (Å²) in [7, 11) is 0. The van der Waals surface area contributed by atoms with Crippen LogP contribution in [-0.4, -0.2) is 16.0 Å².